The molecule has 2 N–H and O–H groups in total. The van der Waals surface area contributed by atoms with E-state index >= 15 is 0 Å². The molecule has 2 rings (SSSR count). The number of aromatic nitrogens is 2. The Balaban J connectivity index is 2.32. The Labute approximate surface area is 124 Å². The van der Waals surface area contributed by atoms with Crippen molar-refractivity contribution in [3.8, 4) is 0 Å². The SMILES string of the molecule is CCC1CCCN(S(=O)(=O)c2n[nH]c(C)c2C(=O)O)CC1. The van der Waals surface area contributed by atoms with Crippen LogP contribution in [0.1, 0.15) is 48.7 Å². The predicted molar refractivity (Wildman–Crippen MR) is 76.7 cm³/mol. The van der Waals surface area contributed by atoms with Crippen molar-refractivity contribution in [2.75, 3.05) is 13.1 Å². The average molecular weight is 315 g/mol. The second-order valence-electron chi connectivity index (χ2n) is 5.44. The number of aromatic carboxylic acids is 1. The number of carbonyl (C=O) groups is 1. The van der Waals surface area contributed by atoms with Gasteiger partial charge in [-0.3, -0.25) is 5.10 Å². The van der Waals surface area contributed by atoms with Crippen LogP contribution in [0.5, 0.6) is 0 Å². The van der Waals surface area contributed by atoms with E-state index in [0.717, 1.165) is 25.7 Å². The van der Waals surface area contributed by atoms with Crippen LogP contribution in [-0.2, 0) is 10.0 Å². The lowest BCUT2D eigenvalue weighted by atomic mass is 9.98. The molecule has 1 aliphatic rings. The number of hydrogen-bond donors (Lipinski definition) is 2. The van der Waals surface area contributed by atoms with Crippen LogP contribution in [0.15, 0.2) is 5.03 Å². The number of aromatic amines is 1. The van der Waals surface area contributed by atoms with E-state index in [1.54, 1.807) is 0 Å². The van der Waals surface area contributed by atoms with Crippen molar-refractivity contribution in [1.29, 1.82) is 0 Å². The van der Waals surface area contributed by atoms with Gasteiger partial charge in [0.25, 0.3) is 10.0 Å². The van der Waals surface area contributed by atoms with Gasteiger partial charge < -0.3 is 5.11 Å². The molecule has 2 heterocycles. The van der Waals surface area contributed by atoms with Gasteiger partial charge in [-0.25, -0.2) is 13.2 Å². The Morgan fingerprint density at radius 3 is 2.76 bits per heavy atom. The minimum absolute atomic E-state index is 0.252. The molecular weight excluding hydrogens is 294 g/mol. The van der Waals surface area contributed by atoms with Gasteiger partial charge in [0.1, 0.15) is 5.56 Å². The van der Waals surface area contributed by atoms with E-state index < -0.39 is 16.0 Å². The number of aryl methyl sites for hydroxylation is 1. The van der Waals surface area contributed by atoms with Crippen LogP contribution in [0.4, 0.5) is 0 Å². The van der Waals surface area contributed by atoms with Crippen LogP contribution in [0.2, 0.25) is 0 Å². The van der Waals surface area contributed by atoms with Crippen LogP contribution in [0, 0.1) is 12.8 Å². The third kappa shape index (κ3) is 3.11. The number of nitrogens with zero attached hydrogens (tertiary/aromatic N) is 2. The molecule has 1 atom stereocenters. The average Bonchev–Trinajstić information content (AvgIpc) is 2.68. The van der Waals surface area contributed by atoms with Crippen LogP contribution in [-0.4, -0.2) is 47.1 Å². The largest absolute Gasteiger partial charge is 0.478 e. The van der Waals surface area contributed by atoms with E-state index in [1.165, 1.54) is 11.2 Å². The molecule has 1 unspecified atom stereocenters. The van der Waals surface area contributed by atoms with Crippen molar-refractivity contribution in [3.05, 3.63) is 11.3 Å². The van der Waals surface area contributed by atoms with Gasteiger partial charge in [-0.1, -0.05) is 13.3 Å². The molecule has 8 heteroatoms. The van der Waals surface area contributed by atoms with Gasteiger partial charge in [-0.05, 0) is 32.1 Å². The summed E-state index contributed by atoms with van der Waals surface area (Å²) in [6.07, 6.45) is 3.65. The molecule has 0 spiro atoms. The van der Waals surface area contributed by atoms with E-state index in [4.69, 9.17) is 0 Å². The normalized spacial score (nSPS) is 21.1. The van der Waals surface area contributed by atoms with Gasteiger partial charge in [0.15, 0.2) is 0 Å². The Morgan fingerprint density at radius 2 is 2.14 bits per heavy atom. The molecule has 0 amide bonds. The van der Waals surface area contributed by atoms with E-state index in [9.17, 15) is 18.3 Å². The van der Waals surface area contributed by atoms with Gasteiger partial charge in [0, 0.05) is 18.8 Å². The smallest absolute Gasteiger partial charge is 0.340 e. The van der Waals surface area contributed by atoms with Crippen LogP contribution < -0.4 is 0 Å². The first kappa shape index (κ1) is 16.0. The Morgan fingerprint density at radius 1 is 1.43 bits per heavy atom. The Hall–Kier alpha value is -1.41. The molecule has 7 nitrogen and oxygen atoms in total. The minimum Gasteiger partial charge on any atom is -0.478 e. The van der Waals surface area contributed by atoms with Gasteiger partial charge in [0.05, 0.1) is 0 Å². The maximum atomic E-state index is 12.7. The molecule has 1 aromatic heterocycles. The summed E-state index contributed by atoms with van der Waals surface area (Å²) >= 11 is 0. The molecule has 0 aromatic carbocycles. The molecule has 0 saturated carbocycles. The fourth-order valence-electron chi connectivity index (χ4n) is 2.76. The van der Waals surface area contributed by atoms with Crippen LogP contribution >= 0.6 is 0 Å². The van der Waals surface area contributed by atoms with Crippen molar-refractivity contribution in [3.63, 3.8) is 0 Å². The van der Waals surface area contributed by atoms with Gasteiger partial charge in [-0.2, -0.15) is 9.40 Å². The maximum absolute atomic E-state index is 12.7. The number of rotatable bonds is 4. The summed E-state index contributed by atoms with van der Waals surface area (Å²) in [4.78, 5) is 11.3. The fourth-order valence-corrected chi connectivity index (χ4v) is 4.37. The second-order valence-corrected chi connectivity index (χ2v) is 7.30. The summed E-state index contributed by atoms with van der Waals surface area (Å²) in [6.45, 7) is 4.45. The fraction of sp³-hybridized carbons (Fsp3) is 0.692. The number of carboxylic acids is 1. The number of carboxylic acid groups (broad SMARTS) is 1. The zero-order valence-corrected chi connectivity index (χ0v) is 13.1. The molecule has 21 heavy (non-hydrogen) atoms. The zero-order chi connectivity index (χ0) is 15.6. The summed E-state index contributed by atoms with van der Waals surface area (Å²) in [7, 11) is -3.86. The standard InChI is InChI=1S/C13H21N3O4S/c1-3-10-5-4-7-16(8-6-10)21(19,20)12-11(13(17)18)9(2)14-15-12/h10H,3-8H2,1-2H3,(H,14,15)(H,17,18). The summed E-state index contributed by atoms with van der Waals surface area (Å²) in [5.41, 5.74) is -0.00591. The molecule has 1 aliphatic heterocycles. The Bertz CT molecular complexity index is 623. The highest BCUT2D eigenvalue weighted by Gasteiger charge is 2.34. The van der Waals surface area contributed by atoms with Crippen molar-refractivity contribution < 1.29 is 18.3 Å². The first-order valence-electron chi connectivity index (χ1n) is 7.16. The maximum Gasteiger partial charge on any atom is 0.340 e. The highest BCUT2D eigenvalue weighted by molar-refractivity contribution is 7.89. The summed E-state index contributed by atoms with van der Waals surface area (Å²) < 4.78 is 26.7. The molecule has 1 aromatic rings. The third-order valence-electron chi connectivity index (χ3n) is 4.10. The van der Waals surface area contributed by atoms with Crippen molar-refractivity contribution >= 4 is 16.0 Å². The first-order chi connectivity index (χ1) is 9.87. The Kier molecular flexibility index (Phi) is 4.67. The number of nitrogens with one attached hydrogen (secondary N) is 1. The zero-order valence-electron chi connectivity index (χ0n) is 12.3. The highest BCUT2D eigenvalue weighted by atomic mass is 32.2. The summed E-state index contributed by atoms with van der Waals surface area (Å²) in [5.74, 6) is -0.744. The topological polar surface area (TPSA) is 103 Å². The molecule has 1 fully saturated rings. The molecule has 0 radical (unpaired) electrons. The molecule has 0 bridgehead atoms. The number of sulfonamides is 1. The predicted octanol–water partition coefficient (Wildman–Crippen LogP) is 1.62. The van der Waals surface area contributed by atoms with E-state index in [2.05, 4.69) is 17.1 Å². The lowest BCUT2D eigenvalue weighted by Crippen LogP contribution is -2.33. The summed E-state index contributed by atoms with van der Waals surface area (Å²) in [6, 6.07) is 0. The van der Waals surface area contributed by atoms with Gasteiger partial charge in [-0.15, -0.1) is 0 Å². The number of hydrogen-bond acceptors (Lipinski definition) is 4. The van der Waals surface area contributed by atoms with E-state index in [1.807, 2.05) is 0 Å². The monoisotopic (exact) mass is 315 g/mol. The van der Waals surface area contributed by atoms with Crippen LogP contribution in [0.3, 0.4) is 0 Å². The van der Waals surface area contributed by atoms with Crippen LogP contribution in [0.25, 0.3) is 0 Å². The minimum atomic E-state index is -3.86. The lowest BCUT2D eigenvalue weighted by molar-refractivity contribution is 0.0691. The quantitative estimate of drug-likeness (QED) is 0.878. The third-order valence-corrected chi connectivity index (χ3v) is 5.93. The van der Waals surface area contributed by atoms with E-state index in [0.29, 0.717) is 19.0 Å². The molecule has 0 aliphatic carbocycles. The van der Waals surface area contributed by atoms with Crippen molar-refractivity contribution in [2.45, 2.75) is 44.6 Å². The summed E-state index contributed by atoms with van der Waals surface area (Å²) in [5, 5.41) is 15.0. The molecule has 1 saturated heterocycles. The van der Waals surface area contributed by atoms with Gasteiger partial charge in [0.2, 0.25) is 5.03 Å². The first-order valence-corrected chi connectivity index (χ1v) is 8.60. The van der Waals surface area contributed by atoms with Gasteiger partial charge >= 0.3 is 5.97 Å². The molecule has 118 valence electrons. The van der Waals surface area contributed by atoms with Crippen molar-refractivity contribution in [1.82, 2.24) is 14.5 Å². The second kappa shape index (κ2) is 6.15. The van der Waals surface area contributed by atoms with Crippen molar-refractivity contribution in [2.24, 2.45) is 5.92 Å². The lowest BCUT2D eigenvalue weighted by Gasteiger charge is -2.19. The number of H-pyrrole nitrogens is 1. The van der Waals surface area contributed by atoms with E-state index in [-0.39, 0.29) is 16.3 Å². The molecular formula is C13H21N3O4S. The highest BCUT2D eigenvalue weighted by Crippen LogP contribution is 2.26.